The number of imide groups is 1. The topological polar surface area (TPSA) is 107 Å². The molecule has 1 aliphatic carbocycles. The Kier molecular flexibility index (Phi) is 5.53. The number of carbonyl (C=O) groups is 3. The molecule has 2 fully saturated rings. The van der Waals surface area contributed by atoms with Gasteiger partial charge in [0.15, 0.2) is 11.5 Å². The Morgan fingerprint density at radius 1 is 1.14 bits per heavy atom. The van der Waals surface area contributed by atoms with Crippen LogP contribution in [-0.2, 0) is 9.59 Å². The van der Waals surface area contributed by atoms with Crippen molar-refractivity contribution in [1.82, 2.24) is 10.3 Å². The predicted octanol–water partition coefficient (Wildman–Crippen LogP) is 2.22. The van der Waals surface area contributed by atoms with Gasteiger partial charge < -0.3 is 19.5 Å². The molecule has 1 aliphatic heterocycles. The van der Waals surface area contributed by atoms with Gasteiger partial charge in [-0.15, -0.1) is 5.01 Å². The summed E-state index contributed by atoms with van der Waals surface area (Å²) in [5.41, 5.74) is -0.323. The van der Waals surface area contributed by atoms with Crippen molar-refractivity contribution in [3.05, 3.63) is 17.7 Å². The summed E-state index contributed by atoms with van der Waals surface area (Å²) >= 11 is 0. The Bertz CT molecular complexity index is 804. The molecule has 150 valence electrons. The fraction of sp³-hybridized carbons (Fsp3) is 0.474. The minimum atomic E-state index is -0.832. The maximum absolute atomic E-state index is 12.8. The normalized spacial score (nSPS) is 18.5. The third kappa shape index (κ3) is 3.64. The molecule has 1 aromatic rings. The number of amides is 3. The summed E-state index contributed by atoms with van der Waals surface area (Å²) in [6.07, 6.45) is 5.47. The van der Waals surface area contributed by atoms with Crippen molar-refractivity contribution in [3.8, 4) is 17.2 Å². The highest BCUT2D eigenvalue weighted by atomic mass is 16.6. The maximum Gasteiger partial charge on any atom is 0.346 e. The van der Waals surface area contributed by atoms with Crippen LogP contribution in [0.1, 0.15) is 44.6 Å². The highest BCUT2D eigenvalue weighted by Gasteiger charge is 2.51. The number of hydrogen-bond donors (Lipinski definition) is 1. The SMILES string of the molecule is COc1cc(/C=N\N2C(=O)NC3(CCCCC3)C2=O)cc(OC)c1OC(C)=O. The lowest BCUT2D eigenvalue weighted by atomic mass is 9.82. The van der Waals surface area contributed by atoms with Gasteiger partial charge in [0.25, 0.3) is 5.91 Å². The van der Waals surface area contributed by atoms with E-state index in [0.717, 1.165) is 24.3 Å². The molecule has 0 bridgehead atoms. The van der Waals surface area contributed by atoms with E-state index in [-0.39, 0.29) is 23.2 Å². The summed E-state index contributed by atoms with van der Waals surface area (Å²) in [6, 6.07) is 2.61. The second-order valence-corrected chi connectivity index (χ2v) is 6.78. The van der Waals surface area contributed by atoms with Crippen molar-refractivity contribution < 1.29 is 28.6 Å². The molecule has 0 aromatic heterocycles. The van der Waals surface area contributed by atoms with Crippen molar-refractivity contribution in [2.45, 2.75) is 44.6 Å². The average molecular weight is 389 g/mol. The molecule has 1 saturated heterocycles. The Labute approximate surface area is 162 Å². The molecule has 0 unspecified atom stereocenters. The van der Waals surface area contributed by atoms with Crippen LogP contribution < -0.4 is 19.5 Å². The minimum Gasteiger partial charge on any atom is -0.493 e. The van der Waals surface area contributed by atoms with Crippen LogP contribution in [0.3, 0.4) is 0 Å². The van der Waals surface area contributed by atoms with E-state index < -0.39 is 17.5 Å². The monoisotopic (exact) mass is 389 g/mol. The molecule has 9 nitrogen and oxygen atoms in total. The standard InChI is InChI=1S/C19H23N3O6/c1-12(23)28-16-14(26-2)9-13(10-15(16)27-3)11-20-22-17(24)19(21-18(22)25)7-5-4-6-8-19/h9-11H,4-8H2,1-3H3,(H,21,25)/b20-11-. The molecular weight excluding hydrogens is 366 g/mol. The van der Waals surface area contributed by atoms with E-state index in [1.165, 1.54) is 27.4 Å². The summed E-state index contributed by atoms with van der Waals surface area (Å²) in [6.45, 7) is 1.27. The van der Waals surface area contributed by atoms with Crippen LogP contribution in [0, 0.1) is 0 Å². The number of hydrogen-bond acceptors (Lipinski definition) is 7. The Morgan fingerprint density at radius 3 is 2.29 bits per heavy atom. The maximum atomic E-state index is 12.8. The van der Waals surface area contributed by atoms with Gasteiger partial charge >= 0.3 is 12.0 Å². The van der Waals surface area contributed by atoms with Crippen molar-refractivity contribution in [1.29, 1.82) is 0 Å². The predicted molar refractivity (Wildman–Crippen MR) is 99.6 cm³/mol. The van der Waals surface area contributed by atoms with E-state index in [0.29, 0.717) is 18.4 Å². The number of esters is 1. The second kappa shape index (κ2) is 7.87. The number of rotatable bonds is 5. The number of ether oxygens (including phenoxy) is 3. The lowest BCUT2D eigenvalue weighted by Crippen LogP contribution is -2.48. The molecule has 3 rings (SSSR count). The summed E-state index contributed by atoms with van der Waals surface area (Å²) < 4.78 is 15.6. The van der Waals surface area contributed by atoms with Gasteiger partial charge in [0.1, 0.15) is 5.54 Å². The van der Waals surface area contributed by atoms with Crippen molar-refractivity contribution in [2.75, 3.05) is 14.2 Å². The van der Waals surface area contributed by atoms with Crippen LogP contribution >= 0.6 is 0 Å². The first-order valence-corrected chi connectivity index (χ1v) is 9.05. The van der Waals surface area contributed by atoms with E-state index in [1.807, 2.05) is 0 Å². The van der Waals surface area contributed by atoms with Gasteiger partial charge in [-0.3, -0.25) is 9.59 Å². The Balaban J connectivity index is 1.86. The number of benzene rings is 1. The number of urea groups is 1. The Morgan fingerprint density at radius 2 is 1.75 bits per heavy atom. The molecule has 3 amide bonds. The molecule has 1 heterocycles. The van der Waals surface area contributed by atoms with Gasteiger partial charge in [-0.05, 0) is 25.0 Å². The molecule has 1 N–H and O–H groups in total. The molecule has 28 heavy (non-hydrogen) atoms. The van der Waals surface area contributed by atoms with Gasteiger partial charge in [0.2, 0.25) is 5.75 Å². The number of methoxy groups -OCH3 is 2. The largest absolute Gasteiger partial charge is 0.493 e. The van der Waals surface area contributed by atoms with E-state index in [4.69, 9.17) is 14.2 Å². The van der Waals surface area contributed by atoms with Gasteiger partial charge in [-0.2, -0.15) is 5.10 Å². The third-order valence-corrected chi connectivity index (χ3v) is 4.90. The number of carbonyl (C=O) groups excluding carboxylic acids is 3. The van der Waals surface area contributed by atoms with Gasteiger partial charge in [0, 0.05) is 12.5 Å². The molecule has 9 heteroatoms. The zero-order valence-corrected chi connectivity index (χ0v) is 16.1. The summed E-state index contributed by atoms with van der Waals surface area (Å²) in [5.74, 6) is -0.182. The first kappa shape index (κ1) is 19.7. The van der Waals surface area contributed by atoms with Gasteiger partial charge in [-0.25, -0.2) is 4.79 Å². The van der Waals surface area contributed by atoms with Gasteiger partial charge in [0.05, 0.1) is 20.4 Å². The molecule has 1 saturated carbocycles. The first-order valence-electron chi connectivity index (χ1n) is 9.05. The van der Waals surface area contributed by atoms with Crippen LogP contribution in [0.25, 0.3) is 0 Å². The summed E-state index contributed by atoms with van der Waals surface area (Å²) in [7, 11) is 2.85. The first-order chi connectivity index (χ1) is 13.4. The molecule has 1 spiro atoms. The zero-order valence-electron chi connectivity index (χ0n) is 16.1. The van der Waals surface area contributed by atoms with Crippen molar-refractivity contribution >= 4 is 24.1 Å². The van der Waals surface area contributed by atoms with Crippen LogP contribution in [0.5, 0.6) is 17.2 Å². The average Bonchev–Trinajstić information content (AvgIpc) is 2.90. The lowest BCUT2D eigenvalue weighted by molar-refractivity contribution is -0.133. The van der Waals surface area contributed by atoms with Crippen molar-refractivity contribution in [2.24, 2.45) is 5.10 Å². The van der Waals surface area contributed by atoms with Crippen LogP contribution in [0.4, 0.5) is 4.79 Å². The van der Waals surface area contributed by atoms with Gasteiger partial charge in [-0.1, -0.05) is 19.3 Å². The third-order valence-electron chi connectivity index (χ3n) is 4.90. The van der Waals surface area contributed by atoms with E-state index in [2.05, 4.69) is 10.4 Å². The fourth-order valence-corrected chi connectivity index (χ4v) is 3.55. The zero-order chi connectivity index (χ0) is 20.3. The molecule has 1 aromatic carbocycles. The molecule has 2 aliphatic rings. The van der Waals surface area contributed by atoms with Crippen LogP contribution in [-0.4, -0.2) is 48.9 Å². The lowest BCUT2D eigenvalue weighted by Gasteiger charge is -2.29. The van der Waals surface area contributed by atoms with E-state index in [1.54, 1.807) is 12.1 Å². The summed E-state index contributed by atoms with van der Waals surface area (Å²) in [5, 5.41) is 7.74. The van der Waals surface area contributed by atoms with Crippen LogP contribution in [0.15, 0.2) is 17.2 Å². The highest BCUT2D eigenvalue weighted by molar-refractivity contribution is 6.07. The number of nitrogens with zero attached hydrogens (tertiary/aromatic N) is 2. The van der Waals surface area contributed by atoms with Crippen molar-refractivity contribution in [3.63, 3.8) is 0 Å². The number of hydrazone groups is 1. The smallest absolute Gasteiger partial charge is 0.346 e. The quantitative estimate of drug-likeness (QED) is 0.358. The van der Waals surface area contributed by atoms with E-state index in [9.17, 15) is 14.4 Å². The number of nitrogens with one attached hydrogen (secondary N) is 1. The minimum absolute atomic E-state index is 0.144. The van der Waals surface area contributed by atoms with E-state index >= 15 is 0 Å². The Hall–Kier alpha value is -3.10. The van der Waals surface area contributed by atoms with Crippen LogP contribution in [0.2, 0.25) is 0 Å². The fourth-order valence-electron chi connectivity index (χ4n) is 3.55. The molecule has 0 atom stereocenters. The summed E-state index contributed by atoms with van der Waals surface area (Å²) in [4.78, 5) is 36.3. The molecule has 0 radical (unpaired) electrons. The highest BCUT2D eigenvalue weighted by Crippen LogP contribution is 2.38. The second-order valence-electron chi connectivity index (χ2n) is 6.78. The molecular formula is C19H23N3O6.